The van der Waals surface area contributed by atoms with Crippen molar-refractivity contribution in [3.05, 3.63) is 0 Å². The van der Waals surface area contributed by atoms with Crippen LogP contribution in [0.15, 0.2) is 0 Å². The third kappa shape index (κ3) is 1.71. The molecule has 0 aromatic heterocycles. The number of cyclic esters (lactones) is 1. The Morgan fingerprint density at radius 2 is 2.14 bits per heavy atom. The van der Waals surface area contributed by atoms with Gasteiger partial charge in [0.1, 0.15) is 6.61 Å². The molecule has 4 heteroatoms. The smallest absolute Gasteiger partial charge is 0.409 e. The van der Waals surface area contributed by atoms with E-state index in [4.69, 9.17) is 4.74 Å². The van der Waals surface area contributed by atoms with Crippen LogP contribution in [0, 0.1) is 5.41 Å². The fourth-order valence-corrected chi connectivity index (χ4v) is 2.47. The van der Waals surface area contributed by atoms with E-state index >= 15 is 0 Å². The van der Waals surface area contributed by atoms with Gasteiger partial charge in [-0.3, -0.25) is 0 Å². The fraction of sp³-hybridized carbons (Fsp3) is 0.900. The van der Waals surface area contributed by atoms with Gasteiger partial charge < -0.3 is 14.7 Å². The second-order valence-corrected chi connectivity index (χ2v) is 4.40. The number of rotatable bonds is 3. The molecule has 0 unspecified atom stereocenters. The molecule has 1 N–H and O–H groups in total. The van der Waals surface area contributed by atoms with Gasteiger partial charge >= 0.3 is 6.09 Å². The van der Waals surface area contributed by atoms with Crippen LogP contribution in [0.2, 0.25) is 0 Å². The Balaban J connectivity index is 1.96. The Kier molecular flexibility index (Phi) is 2.63. The lowest BCUT2D eigenvalue weighted by atomic mass is 9.87. The first kappa shape index (κ1) is 9.77. The molecule has 0 spiro atoms. The zero-order valence-electron chi connectivity index (χ0n) is 8.37. The summed E-state index contributed by atoms with van der Waals surface area (Å²) in [6.07, 6.45) is 4.19. The monoisotopic (exact) mass is 199 g/mol. The van der Waals surface area contributed by atoms with Crippen molar-refractivity contribution in [1.29, 1.82) is 0 Å². The first-order valence-corrected chi connectivity index (χ1v) is 5.28. The van der Waals surface area contributed by atoms with Gasteiger partial charge in [0, 0.05) is 12.0 Å². The Morgan fingerprint density at radius 1 is 1.43 bits per heavy atom. The maximum atomic E-state index is 11.2. The topological polar surface area (TPSA) is 49.8 Å². The number of carbonyl (C=O) groups is 1. The largest absolute Gasteiger partial charge is 0.448 e. The van der Waals surface area contributed by atoms with E-state index in [1.165, 1.54) is 12.8 Å². The number of amides is 1. The number of hydrogen-bond donors (Lipinski definition) is 1. The van der Waals surface area contributed by atoms with Crippen molar-refractivity contribution < 1.29 is 14.6 Å². The molecule has 1 aliphatic heterocycles. The van der Waals surface area contributed by atoms with E-state index in [2.05, 4.69) is 0 Å². The van der Waals surface area contributed by atoms with Crippen LogP contribution in [-0.2, 0) is 4.74 Å². The predicted molar refractivity (Wildman–Crippen MR) is 50.9 cm³/mol. The third-order valence-electron chi connectivity index (χ3n) is 3.37. The Labute approximate surface area is 83.8 Å². The summed E-state index contributed by atoms with van der Waals surface area (Å²) in [5.41, 5.74) is -0.0383. The molecule has 2 rings (SSSR count). The molecule has 2 fully saturated rings. The van der Waals surface area contributed by atoms with E-state index in [0.717, 1.165) is 12.8 Å². The lowest BCUT2D eigenvalue weighted by molar-refractivity contribution is 0.0904. The van der Waals surface area contributed by atoms with Gasteiger partial charge in [-0.1, -0.05) is 12.8 Å². The van der Waals surface area contributed by atoms with E-state index in [0.29, 0.717) is 19.7 Å². The van der Waals surface area contributed by atoms with Crippen molar-refractivity contribution in [3.63, 3.8) is 0 Å². The molecule has 0 aromatic rings. The van der Waals surface area contributed by atoms with Crippen LogP contribution in [0.25, 0.3) is 0 Å². The number of ether oxygens (including phenoxy) is 1. The maximum absolute atomic E-state index is 11.2. The highest BCUT2D eigenvalue weighted by atomic mass is 16.6. The van der Waals surface area contributed by atoms with E-state index in [9.17, 15) is 9.90 Å². The summed E-state index contributed by atoms with van der Waals surface area (Å²) in [6.45, 7) is 2.04. The molecular weight excluding hydrogens is 182 g/mol. The minimum atomic E-state index is -0.218. The number of aliphatic hydroxyl groups excluding tert-OH is 1. The minimum absolute atomic E-state index is 0.0383. The van der Waals surface area contributed by atoms with Gasteiger partial charge in [0.05, 0.1) is 13.2 Å². The highest BCUT2D eigenvalue weighted by Crippen LogP contribution is 2.38. The second-order valence-electron chi connectivity index (χ2n) is 4.40. The van der Waals surface area contributed by atoms with Crippen molar-refractivity contribution in [2.24, 2.45) is 5.41 Å². The first-order valence-electron chi connectivity index (χ1n) is 5.28. The number of carbonyl (C=O) groups excluding carboxylic acids is 1. The minimum Gasteiger partial charge on any atom is -0.448 e. The van der Waals surface area contributed by atoms with Gasteiger partial charge in [-0.25, -0.2) is 4.79 Å². The SMILES string of the molecule is O=C1OCCN1CC1(CO)CCCC1. The summed E-state index contributed by atoms with van der Waals surface area (Å²) in [4.78, 5) is 13.0. The Morgan fingerprint density at radius 3 is 2.64 bits per heavy atom. The molecule has 80 valence electrons. The van der Waals surface area contributed by atoms with Gasteiger partial charge in [0.25, 0.3) is 0 Å². The van der Waals surface area contributed by atoms with Crippen molar-refractivity contribution in [1.82, 2.24) is 4.90 Å². The molecule has 14 heavy (non-hydrogen) atoms. The number of aliphatic hydroxyl groups is 1. The molecule has 4 nitrogen and oxygen atoms in total. The predicted octanol–water partition coefficient (Wildman–Crippen LogP) is 0.991. The summed E-state index contributed by atoms with van der Waals surface area (Å²) in [6, 6.07) is 0. The summed E-state index contributed by atoms with van der Waals surface area (Å²) < 4.78 is 4.87. The molecule has 0 aromatic carbocycles. The molecule has 1 saturated heterocycles. The third-order valence-corrected chi connectivity index (χ3v) is 3.37. The number of nitrogens with zero attached hydrogens (tertiary/aromatic N) is 1. The zero-order chi connectivity index (χ0) is 10.0. The molecular formula is C10H17NO3. The Hall–Kier alpha value is -0.770. The molecule has 1 amide bonds. The van der Waals surface area contributed by atoms with Crippen LogP contribution in [0.5, 0.6) is 0 Å². The van der Waals surface area contributed by atoms with Crippen LogP contribution in [0.4, 0.5) is 4.79 Å². The first-order chi connectivity index (χ1) is 6.76. The molecule has 1 aliphatic carbocycles. The number of hydrogen-bond acceptors (Lipinski definition) is 3. The highest BCUT2D eigenvalue weighted by molar-refractivity contribution is 5.69. The summed E-state index contributed by atoms with van der Waals surface area (Å²) >= 11 is 0. The van der Waals surface area contributed by atoms with Crippen molar-refractivity contribution in [2.75, 3.05) is 26.3 Å². The van der Waals surface area contributed by atoms with Crippen LogP contribution in [-0.4, -0.2) is 42.4 Å². The van der Waals surface area contributed by atoms with Gasteiger partial charge in [-0.15, -0.1) is 0 Å². The van der Waals surface area contributed by atoms with Gasteiger partial charge in [0.2, 0.25) is 0 Å². The Bertz CT molecular complexity index is 223. The van der Waals surface area contributed by atoms with Crippen LogP contribution < -0.4 is 0 Å². The van der Waals surface area contributed by atoms with E-state index in [1.54, 1.807) is 4.90 Å². The summed E-state index contributed by atoms with van der Waals surface area (Å²) in [7, 11) is 0. The lowest BCUT2D eigenvalue weighted by Gasteiger charge is -2.30. The van der Waals surface area contributed by atoms with E-state index in [-0.39, 0.29) is 18.1 Å². The average molecular weight is 199 g/mol. The maximum Gasteiger partial charge on any atom is 0.409 e. The van der Waals surface area contributed by atoms with Gasteiger partial charge in [-0.05, 0) is 12.8 Å². The molecule has 1 saturated carbocycles. The average Bonchev–Trinajstić information content (AvgIpc) is 2.79. The molecule has 0 atom stereocenters. The van der Waals surface area contributed by atoms with E-state index in [1.807, 2.05) is 0 Å². The standard InChI is InChI=1S/C10H17NO3/c12-8-10(3-1-2-4-10)7-11-5-6-14-9(11)13/h12H,1-8H2. The van der Waals surface area contributed by atoms with Crippen LogP contribution in [0.1, 0.15) is 25.7 Å². The van der Waals surface area contributed by atoms with Gasteiger partial charge in [0.15, 0.2) is 0 Å². The normalized spacial score (nSPS) is 25.5. The molecule has 0 radical (unpaired) electrons. The fourth-order valence-electron chi connectivity index (χ4n) is 2.47. The molecule has 0 bridgehead atoms. The summed E-state index contributed by atoms with van der Waals surface area (Å²) in [5, 5.41) is 9.38. The van der Waals surface area contributed by atoms with E-state index < -0.39 is 0 Å². The van der Waals surface area contributed by atoms with Crippen LogP contribution in [0.3, 0.4) is 0 Å². The second kappa shape index (κ2) is 3.77. The molecule has 1 heterocycles. The zero-order valence-corrected chi connectivity index (χ0v) is 8.37. The lowest BCUT2D eigenvalue weighted by Crippen LogP contribution is -2.39. The van der Waals surface area contributed by atoms with Crippen molar-refractivity contribution in [3.8, 4) is 0 Å². The molecule has 2 aliphatic rings. The van der Waals surface area contributed by atoms with Gasteiger partial charge in [-0.2, -0.15) is 0 Å². The van der Waals surface area contributed by atoms with Crippen LogP contribution >= 0.6 is 0 Å². The van der Waals surface area contributed by atoms with Crippen molar-refractivity contribution >= 4 is 6.09 Å². The highest BCUT2D eigenvalue weighted by Gasteiger charge is 2.37. The summed E-state index contributed by atoms with van der Waals surface area (Å²) in [5.74, 6) is 0. The quantitative estimate of drug-likeness (QED) is 0.737. The van der Waals surface area contributed by atoms with Crippen molar-refractivity contribution in [2.45, 2.75) is 25.7 Å².